The summed E-state index contributed by atoms with van der Waals surface area (Å²) >= 11 is 1.10. The van der Waals surface area contributed by atoms with Crippen LogP contribution in [0.4, 0.5) is 22.2 Å². The number of unbranched alkanes of at least 4 members (excludes halogenated alkanes) is 1. The summed E-state index contributed by atoms with van der Waals surface area (Å²) < 4.78 is 14.5. The van der Waals surface area contributed by atoms with E-state index in [0.29, 0.717) is 70.4 Å². The highest BCUT2D eigenvalue weighted by Gasteiger charge is 2.18. The van der Waals surface area contributed by atoms with Gasteiger partial charge in [0, 0.05) is 51.5 Å². The summed E-state index contributed by atoms with van der Waals surface area (Å²) in [5.41, 5.74) is 2.86. The topological polar surface area (TPSA) is 148 Å². The Hall–Kier alpha value is -3.53. The molecule has 3 rings (SSSR count). The van der Waals surface area contributed by atoms with Crippen molar-refractivity contribution in [1.29, 1.82) is 5.26 Å². The summed E-state index contributed by atoms with van der Waals surface area (Å²) in [5, 5.41) is 34.1. The number of methoxy groups -OCH3 is 2. The molecule has 0 aliphatic rings. The zero-order valence-corrected chi connectivity index (χ0v) is 20.7. The number of anilines is 1. The molecule has 0 saturated carbocycles. The quantitative estimate of drug-likeness (QED) is 0.139. The molecular formula is C23H27N7O4S. The van der Waals surface area contributed by atoms with Gasteiger partial charge in [-0.25, -0.2) is 4.98 Å². The van der Waals surface area contributed by atoms with Crippen molar-refractivity contribution >= 4 is 44.6 Å². The monoisotopic (exact) mass is 497 g/mol. The first-order chi connectivity index (χ1) is 17.0. The van der Waals surface area contributed by atoms with Crippen molar-refractivity contribution in [2.45, 2.75) is 32.6 Å². The van der Waals surface area contributed by atoms with Crippen molar-refractivity contribution in [3.63, 3.8) is 0 Å². The predicted octanol–water partition coefficient (Wildman–Crippen LogP) is 5.61. The van der Waals surface area contributed by atoms with E-state index in [1.807, 2.05) is 6.92 Å². The molecule has 0 fully saturated rings. The van der Waals surface area contributed by atoms with E-state index in [1.165, 1.54) is 12.1 Å². The van der Waals surface area contributed by atoms with E-state index >= 15 is 0 Å². The second-order valence-corrected chi connectivity index (χ2v) is 8.49. The van der Waals surface area contributed by atoms with Crippen LogP contribution in [0.15, 0.2) is 28.4 Å². The molecule has 3 aromatic rings. The Kier molecular flexibility index (Phi) is 9.54. The van der Waals surface area contributed by atoms with Gasteiger partial charge in [-0.1, -0.05) is 0 Å². The number of hydrogen-bond acceptors (Lipinski definition) is 11. The fraction of sp³-hybridized carbons (Fsp3) is 0.435. The molecule has 12 heteroatoms. The van der Waals surface area contributed by atoms with E-state index in [1.54, 1.807) is 20.3 Å². The van der Waals surface area contributed by atoms with Gasteiger partial charge in [-0.05, 0) is 55.8 Å². The van der Waals surface area contributed by atoms with Crippen LogP contribution in [0.25, 0.3) is 10.9 Å². The van der Waals surface area contributed by atoms with Gasteiger partial charge in [0.05, 0.1) is 21.7 Å². The number of pyridine rings is 1. The lowest BCUT2D eigenvalue weighted by molar-refractivity contribution is -0.384. The number of azo groups is 1. The van der Waals surface area contributed by atoms with Gasteiger partial charge >= 0.3 is 0 Å². The van der Waals surface area contributed by atoms with Gasteiger partial charge in [0.2, 0.25) is 0 Å². The highest BCUT2D eigenvalue weighted by atomic mass is 32.1. The van der Waals surface area contributed by atoms with Gasteiger partial charge in [-0.2, -0.15) is 9.64 Å². The summed E-state index contributed by atoms with van der Waals surface area (Å²) in [5.74, 6) is 0.530. The van der Waals surface area contributed by atoms with E-state index in [9.17, 15) is 15.4 Å². The van der Waals surface area contributed by atoms with Gasteiger partial charge in [-0.3, -0.25) is 10.1 Å². The highest BCUT2D eigenvalue weighted by molar-refractivity contribution is 7.11. The minimum absolute atomic E-state index is 0.0444. The molecule has 1 aromatic carbocycles. The van der Waals surface area contributed by atoms with Crippen LogP contribution < -0.4 is 5.32 Å². The molecule has 2 aromatic heterocycles. The number of nitriles is 1. The Morgan fingerprint density at radius 2 is 1.97 bits per heavy atom. The number of non-ortho nitro benzene ring substituents is 1. The van der Waals surface area contributed by atoms with Crippen LogP contribution in [-0.4, -0.2) is 48.3 Å². The summed E-state index contributed by atoms with van der Waals surface area (Å²) in [7, 11) is 3.31. The van der Waals surface area contributed by atoms with Gasteiger partial charge < -0.3 is 14.8 Å². The summed E-state index contributed by atoms with van der Waals surface area (Å²) in [6, 6.07) is 6.69. The average Bonchev–Trinajstić information content (AvgIpc) is 3.26. The molecule has 1 N–H and O–H groups in total. The van der Waals surface area contributed by atoms with Crippen LogP contribution in [0.2, 0.25) is 0 Å². The number of aryl methyl sites for hydroxylation is 1. The minimum Gasteiger partial charge on any atom is -0.385 e. The number of fused-ring (bicyclic) bond motifs is 1. The molecule has 0 bridgehead atoms. The molecule has 0 aliphatic carbocycles. The number of aromatic nitrogens is 2. The molecule has 184 valence electrons. The molecule has 0 amide bonds. The van der Waals surface area contributed by atoms with Crippen molar-refractivity contribution in [3.05, 3.63) is 45.1 Å². The van der Waals surface area contributed by atoms with Crippen LogP contribution in [-0.2, 0) is 15.9 Å². The Morgan fingerprint density at radius 1 is 1.20 bits per heavy atom. The third-order valence-electron chi connectivity index (χ3n) is 5.32. The smallest absolute Gasteiger partial charge is 0.270 e. The minimum atomic E-state index is -0.460. The Morgan fingerprint density at radius 3 is 2.69 bits per heavy atom. The molecule has 0 unspecified atom stereocenters. The maximum absolute atomic E-state index is 11.2. The molecule has 2 heterocycles. The normalized spacial score (nSPS) is 11.3. The van der Waals surface area contributed by atoms with Gasteiger partial charge in [0.15, 0.2) is 10.8 Å². The first kappa shape index (κ1) is 26.1. The number of nitro benzene ring substituents is 1. The number of nitrogens with one attached hydrogen (secondary N) is 1. The van der Waals surface area contributed by atoms with E-state index < -0.39 is 4.92 Å². The zero-order valence-electron chi connectivity index (χ0n) is 19.9. The zero-order chi connectivity index (χ0) is 25.2. The fourth-order valence-corrected chi connectivity index (χ4v) is 4.17. The van der Waals surface area contributed by atoms with Crippen LogP contribution in [0.3, 0.4) is 0 Å². The summed E-state index contributed by atoms with van der Waals surface area (Å²) in [4.78, 5) is 15.4. The Labute approximate surface area is 207 Å². The Balaban J connectivity index is 1.99. The lowest BCUT2D eigenvalue weighted by atomic mass is 10.0. The van der Waals surface area contributed by atoms with Crippen LogP contribution in [0.5, 0.6) is 0 Å². The van der Waals surface area contributed by atoms with E-state index in [-0.39, 0.29) is 5.69 Å². The molecular weight excluding hydrogens is 470 g/mol. The number of hydrogen-bond donors (Lipinski definition) is 1. The Bertz CT molecular complexity index is 1250. The number of nitro groups is 1. The lowest BCUT2D eigenvalue weighted by Gasteiger charge is -2.14. The second-order valence-electron chi connectivity index (χ2n) is 7.74. The number of ether oxygens (including phenoxy) is 2. The van der Waals surface area contributed by atoms with E-state index in [4.69, 9.17) is 14.5 Å². The number of rotatable bonds is 13. The van der Waals surface area contributed by atoms with Crippen molar-refractivity contribution in [2.24, 2.45) is 10.2 Å². The fourth-order valence-electron chi connectivity index (χ4n) is 3.49. The van der Waals surface area contributed by atoms with E-state index in [2.05, 4.69) is 26.0 Å². The van der Waals surface area contributed by atoms with Crippen LogP contribution in [0, 0.1) is 28.4 Å². The van der Waals surface area contributed by atoms with Crippen molar-refractivity contribution in [3.8, 4) is 6.07 Å². The van der Waals surface area contributed by atoms with Crippen LogP contribution in [0.1, 0.15) is 36.1 Å². The average molecular weight is 498 g/mol. The third kappa shape index (κ3) is 6.54. The summed E-state index contributed by atoms with van der Waals surface area (Å²) in [6.07, 6.45) is 3.11. The first-order valence-electron chi connectivity index (χ1n) is 11.1. The largest absolute Gasteiger partial charge is 0.385 e. The van der Waals surface area contributed by atoms with Gasteiger partial charge in [-0.15, -0.1) is 10.2 Å². The molecule has 0 radical (unpaired) electrons. The molecule has 0 atom stereocenters. The molecule has 0 spiro atoms. The SMILES string of the molecule is COCCCCc1nc(NCCCOC)c(N=Nc2snc3ccc([N+](=O)[O-])cc23)c(C)c1C#N. The van der Waals surface area contributed by atoms with Gasteiger partial charge in [0.25, 0.3) is 5.69 Å². The third-order valence-corrected chi connectivity index (χ3v) is 6.09. The molecule has 0 saturated heterocycles. The van der Waals surface area contributed by atoms with Gasteiger partial charge in [0.1, 0.15) is 11.8 Å². The standard InChI is InChI=1S/C23H27N7O4S/c1-15-18(14-24)19(7-4-5-11-33-2)26-22(25-10-6-12-34-3)21(15)27-28-23-17-13-16(30(31)32)8-9-20(17)29-35-23/h8-9,13H,4-7,10-12H2,1-3H3,(H,25,26). The van der Waals surface area contributed by atoms with Crippen LogP contribution >= 0.6 is 11.5 Å². The summed E-state index contributed by atoms with van der Waals surface area (Å²) in [6.45, 7) is 3.67. The molecule has 35 heavy (non-hydrogen) atoms. The number of benzene rings is 1. The maximum atomic E-state index is 11.2. The van der Waals surface area contributed by atoms with Crippen molar-refractivity contribution in [1.82, 2.24) is 9.36 Å². The number of nitrogens with zero attached hydrogens (tertiary/aromatic N) is 6. The van der Waals surface area contributed by atoms with E-state index in [0.717, 1.165) is 30.8 Å². The molecule has 0 aliphatic heterocycles. The maximum Gasteiger partial charge on any atom is 0.270 e. The first-order valence-corrected chi connectivity index (χ1v) is 11.9. The highest BCUT2D eigenvalue weighted by Crippen LogP contribution is 2.37. The molecule has 11 nitrogen and oxygen atoms in total. The van der Waals surface area contributed by atoms with Crippen molar-refractivity contribution < 1.29 is 14.4 Å². The van der Waals surface area contributed by atoms with Crippen molar-refractivity contribution in [2.75, 3.05) is 39.3 Å². The second kappa shape index (κ2) is 12.8. The predicted molar refractivity (Wildman–Crippen MR) is 134 cm³/mol. The lowest BCUT2D eigenvalue weighted by Crippen LogP contribution is -2.09.